The van der Waals surface area contributed by atoms with Crippen molar-refractivity contribution in [2.24, 2.45) is 0 Å². The zero-order valence-electron chi connectivity index (χ0n) is 9.93. The third-order valence-corrected chi connectivity index (χ3v) is 3.59. The SMILES string of the molecule is CCc1cc[nH]c1/C=C(\C=N)c1cnc(C=O)s1. The Bertz CT molecular complexity index is 595. The van der Waals surface area contributed by atoms with Crippen LogP contribution in [-0.4, -0.2) is 22.5 Å². The molecule has 2 heterocycles. The van der Waals surface area contributed by atoms with Crippen molar-refractivity contribution < 1.29 is 4.79 Å². The lowest BCUT2D eigenvalue weighted by molar-refractivity contribution is 0.112. The third kappa shape index (κ3) is 2.46. The van der Waals surface area contributed by atoms with E-state index in [0.29, 0.717) is 5.01 Å². The number of nitrogens with zero attached hydrogens (tertiary/aromatic N) is 1. The number of carbonyl (C=O) groups excluding carboxylic acids is 1. The van der Waals surface area contributed by atoms with Crippen LogP contribution in [0.5, 0.6) is 0 Å². The van der Waals surface area contributed by atoms with E-state index in [1.165, 1.54) is 23.1 Å². The number of rotatable bonds is 5. The molecule has 0 saturated carbocycles. The monoisotopic (exact) mass is 259 g/mol. The molecule has 0 spiro atoms. The number of hydrogen-bond acceptors (Lipinski definition) is 4. The van der Waals surface area contributed by atoms with Crippen molar-refractivity contribution >= 4 is 35.5 Å². The molecule has 0 amide bonds. The van der Waals surface area contributed by atoms with Crippen LogP contribution >= 0.6 is 11.3 Å². The standard InChI is InChI=1S/C13H13N3OS/c1-2-9-3-4-15-11(9)5-10(6-14)12-7-16-13(8-17)18-12/h3-8,14-15H,2H2,1H3/b10-5+,14-6?. The van der Waals surface area contributed by atoms with E-state index in [9.17, 15) is 4.79 Å². The van der Waals surface area contributed by atoms with Crippen LogP contribution in [0.15, 0.2) is 18.5 Å². The summed E-state index contributed by atoms with van der Waals surface area (Å²) in [5.41, 5.74) is 2.95. The topological polar surface area (TPSA) is 69.6 Å². The fraction of sp³-hybridized carbons (Fsp3) is 0.154. The average molecular weight is 259 g/mol. The molecule has 2 aromatic heterocycles. The second kappa shape index (κ2) is 5.55. The van der Waals surface area contributed by atoms with Gasteiger partial charge in [-0.15, -0.1) is 11.3 Å². The highest BCUT2D eigenvalue weighted by atomic mass is 32.1. The highest BCUT2D eigenvalue weighted by Gasteiger charge is 2.06. The first-order chi connectivity index (χ1) is 8.78. The molecule has 0 unspecified atom stereocenters. The van der Waals surface area contributed by atoms with Crippen molar-refractivity contribution in [2.75, 3.05) is 0 Å². The van der Waals surface area contributed by atoms with Gasteiger partial charge in [-0.2, -0.15) is 0 Å². The molecule has 0 aliphatic rings. The maximum absolute atomic E-state index is 10.6. The molecular weight excluding hydrogens is 246 g/mol. The zero-order chi connectivity index (χ0) is 13.0. The lowest BCUT2D eigenvalue weighted by atomic mass is 10.1. The fourth-order valence-corrected chi connectivity index (χ4v) is 2.39. The summed E-state index contributed by atoms with van der Waals surface area (Å²) in [4.78, 5) is 18.6. The minimum absolute atomic E-state index is 0.431. The summed E-state index contributed by atoms with van der Waals surface area (Å²) in [6.07, 6.45) is 8.36. The van der Waals surface area contributed by atoms with Crippen molar-refractivity contribution in [1.29, 1.82) is 5.41 Å². The van der Waals surface area contributed by atoms with Crippen LogP contribution in [0.2, 0.25) is 0 Å². The summed E-state index contributed by atoms with van der Waals surface area (Å²) < 4.78 is 0. The van der Waals surface area contributed by atoms with Crippen LogP contribution in [0.25, 0.3) is 11.6 Å². The Morgan fingerprint density at radius 1 is 1.61 bits per heavy atom. The molecule has 0 radical (unpaired) electrons. The highest BCUT2D eigenvalue weighted by molar-refractivity contribution is 7.14. The predicted octanol–water partition coefficient (Wildman–Crippen LogP) is 3.04. The fourth-order valence-electron chi connectivity index (χ4n) is 1.67. The number of aryl methyl sites for hydroxylation is 1. The van der Waals surface area contributed by atoms with Gasteiger partial charge in [-0.3, -0.25) is 4.79 Å². The van der Waals surface area contributed by atoms with Crippen LogP contribution in [0.1, 0.15) is 32.9 Å². The van der Waals surface area contributed by atoms with E-state index in [1.807, 2.05) is 18.3 Å². The molecule has 0 aliphatic carbocycles. The molecule has 0 bridgehead atoms. The Kier molecular flexibility index (Phi) is 3.84. The van der Waals surface area contributed by atoms with Gasteiger partial charge in [-0.1, -0.05) is 6.92 Å². The Hall–Kier alpha value is -2.01. The predicted molar refractivity (Wildman–Crippen MR) is 74.3 cm³/mol. The summed E-state index contributed by atoms with van der Waals surface area (Å²) in [6, 6.07) is 2.02. The largest absolute Gasteiger partial charge is 0.361 e. The van der Waals surface area contributed by atoms with Gasteiger partial charge in [-0.05, 0) is 24.1 Å². The Labute approximate surface area is 109 Å². The number of aromatic amines is 1. The second-order valence-electron chi connectivity index (χ2n) is 3.69. The number of aldehydes is 1. The van der Waals surface area contributed by atoms with Gasteiger partial charge >= 0.3 is 0 Å². The summed E-state index contributed by atoms with van der Waals surface area (Å²) in [5.74, 6) is 0. The first kappa shape index (κ1) is 12.4. The van der Waals surface area contributed by atoms with Crippen molar-refractivity contribution in [2.45, 2.75) is 13.3 Å². The molecule has 2 rings (SSSR count). The van der Waals surface area contributed by atoms with Crippen LogP contribution in [0.4, 0.5) is 0 Å². The van der Waals surface area contributed by atoms with E-state index < -0.39 is 0 Å². The van der Waals surface area contributed by atoms with Gasteiger partial charge in [0.05, 0.1) is 4.88 Å². The third-order valence-electron chi connectivity index (χ3n) is 2.61. The molecule has 0 atom stereocenters. The van der Waals surface area contributed by atoms with Gasteiger partial charge in [0.1, 0.15) is 0 Å². The number of thiazole rings is 1. The van der Waals surface area contributed by atoms with E-state index in [-0.39, 0.29) is 0 Å². The van der Waals surface area contributed by atoms with E-state index in [2.05, 4.69) is 16.9 Å². The van der Waals surface area contributed by atoms with Crippen molar-refractivity contribution in [3.8, 4) is 0 Å². The smallest absolute Gasteiger partial charge is 0.178 e. The Morgan fingerprint density at radius 2 is 2.44 bits per heavy atom. The first-order valence-electron chi connectivity index (χ1n) is 5.58. The van der Waals surface area contributed by atoms with Crippen LogP contribution in [-0.2, 0) is 6.42 Å². The van der Waals surface area contributed by atoms with Crippen LogP contribution in [0, 0.1) is 5.41 Å². The highest BCUT2D eigenvalue weighted by Crippen LogP contribution is 2.23. The molecule has 2 N–H and O–H groups in total. The maximum Gasteiger partial charge on any atom is 0.178 e. The van der Waals surface area contributed by atoms with Gasteiger partial charge in [0.25, 0.3) is 0 Å². The number of carbonyl (C=O) groups is 1. The van der Waals surface area contributed by atoms with Crippen molar-refractivity contribution in [1.82, 2.24) is 9.97 Å². The van der Waals surface area contributed by atoms with Gasteiger partial charge in [-0.25, -0.2) is 4.98 Å². The summed E-state index contributed by atoms with van der Waals surface area (Å²) >= 11 is 1.29. The zero-order valence-corrected chi connectivity index (χ0v) is 10.8. The molecule has 18 heavy (non-hydrogen) atoms. The first-order valence-corrected chi connectivity index (χ1v) is 6.40. The normalized spacial score (nSPS) is 11.5. The van der Waals surface area contributed by atoms with Crippen LogP contribution in [0.3, 0.4) is 0 Å². The number of nitrogens with one attached hydrogen (secondary N) is 2. The van der Waals surface area contributed by atoms with E-state index >= 15 is 0 Å². The van der Waals surface area contributed by atoms with E-state index in [1.54, 1.807) is 6.20 Å². The lowest BCUT2D eigenvalue weighted by Crippen LogP contribution is -1.85. The molecule has 4 nitrogen and oxygen atoms in total. The average Bonchev–Trinajstić information content (AvgIpc) is 3.04. The molecule has 2 aromatic rings. The quantitative estimate of drug-likeness (QED) is 0.640. The number of allylic oxidation sites excluding steroid dienone is 1. The number of hydrogen-bond donors (Lipinski definition) is 2. The van der Waals surface area contributed by atoms with E-state index in [0.717, 1.165) is 28.9 Å². The molecule has 5 heteroatoms. The Morgan fingerprint density at radius 3 is 3.06 bits per heavy atom. The number of H-pyrrole nitrogens is 1. The van der Waals surface area contributed by atoms with Gasteiger partial charge < -0.3 is 10.4 Å². The summed E-state index contributed by atoms with van der Waals surface area (Å²) in [5, 5.41) is 7.91. The van der Waals surface area contributed by atoms with Gasteiger partial charge in [0.15, 0.2) is 11.3 Å². The minimum Gasteiger partial charge on any atom is -0.361 e. The minimum atomic E-state index is 0.431. The summed E-state index contributed by atoms with van der Waals surface area (Å²) in [7, 11) is 0. The lowest BCUT2D eigenvalue weighted by Gasteiger charge is -1.98. The molecule has 92 valence electrons. The second-order valence-corrected chi connectivity index (χ2v) is 4.76. The van der Waals surface area contributed by atoms with E-state index in [4.69, 9.17) is 5.41 Å². The molecule has 0 fully saturated rings. The van der Waals surface area contributed by atoms with Crippen molar-refractivity contribution in [3.63, 3.8) is 0 Å². The molecule has 0 aromatic carbocycles. The maximum atomic E-state index is 10.6. The number of aromatic nitrogens is 2. The van der Waals surface area contributed by atoms with Crippen LogP contribution < -0.4 is 0 Å². The molecule has 0 saturated heterocycles. The van der Waals surface area contributed by atoms with Gasteiger partial charge in [0, 0.05) is 29.9 Å². The van der Waals surface area contributed by atoms with Gasteiger partial charge in [0.2, 0.25) is 0 Å². The van der Waals surface area contributed by atoms with Crippen molar-refractivity contribution in [3.05, 3.63) is 39.6 Å². The Balaban J connectivity index is 2.39. The molecule has 0 aliphatic heterocycles. The summed E-state index contributed by atoms with van der Waals surface area (Å²) in [6.45, 7) is 2.09. The molecular formula is C13H13N3OS.